The van der Waals surface area contributed by atoms with Crippen LogP contribution in [0, 0.1) is 5.92 Å². The highest BCUT2D eigenvalue weighted by Gasteiger charge is 2.32. The minimum absolute atomic E-state index is 0.00614. The van der Waals surface area contributed by atoms with Crippen LogP contribution in [0.25, 0.3) is 11.3 Å². The zero-order valence-corrected chi connectivity index (χ0v) is 29.1. The third-order valence-electron chi connectivity index (χ3n) is 8.33. The van der Waals surface area contributed by atoms with Crippen molar-refractivity contribution in [3.63, 3.8) is 0 Å². The molecule has 0 radical (unpaired) electrons. The van der Waals surface area contributed by atoms with Gasteiger partial charge >= 0.3 is 12.1 Å². The third kappa shape index (κ3) is 9.68. The van der Waals surface area contributed by atoms with E-state index in [-0.39, 0.29) is 18.1 Å². The van der Waals surface area contributed by atoms with Crippen molar-refractivity contribution in [2.45, 2.75) is 64.6 Å². The molecule has 2 aliphatic heterocycles. The Balaban J connectivity index is 1.28. The Hall–Kier alpha value is -3.67. The first-order valence-electron chi connectivity index (χ1n) is 15.8. The second-order valence-corrected chi connectivity index (χ2v) is 14.0. The summed E-state index contributed by atoms with van der Waals surface area (Å²) in [6, 6.07) is 9.26. The molecule has 0 N–H and O–H groups in total. The fraction of sp³-hybridized carbons (Fsp3) is 0.500. The van der Waals surface area contributed by atoms with E-state index < -0.39 is 5.60 Å². The molecule has 2 aromatic heterocycles. The van der Waals surface area contributed by atoms with Gasteiger partial charge in [-0.1, -0.05) is 23.2 Å². The van der Waals surface area contributed by atoms with Gasteiger partial charge in [0.15, 0.2) is 5.75 Å². The molecule has 47 heavy (non-hydrogen) atoms. The topological polar surface area (TPSA) is 110 Å². The number of aromatic nitrogens is 3. The van der Waals surface area contributed by atoms with Crippen LogP contribution in [0.4, 0.5) is 10.7 Å². The van der Waals surface area contributed by atoms with Crippen LogP contribution in [0.1, 0.15) is 52.0 Å². The molecule has 13 heteroatoms. The fourth-order valence-electron chi connectivity index (χ4n) is 5.85. The summed E-state index contributed by atoms with van der Waals surface area (Å²) < 4.78 is 16.6. The number of hydrogen-bond acceptors (Lipinski definition) is 10. The van der Waals surface area contributed by atoms with Crippen LogP contribution in [0.5, 0.6) is 11.6 Å². The lowest BCUT2D eigenvalue weighted by Gasteiger charge is -2.31. The standard InChI is InChI=1S/C34H42Cl2N6O5/c1-34(2,3)47-33(44)40(4)27-8-11-42(21-27)32-37-18-28(19-38-32)46-30-13-23(12-29(39-30)24-15-25(35)17-26(36)16-24)20-41-9-6-22(7-10-41)14-31(43)45-5/h12-13,15-19,22,27H,6-11,14,20-21H2,1-5H3. The van der Waals surface area contributed by atoms with Crippen molar-refractivity contribution >= 4 is 41.2 Å². The van der Waals surface area contributed by atoms with Gasteiger partial charge < -0.3 is 24.0 Å². The highest BCUT2D eigenvalue weighted by molar-refractivity contribution is 6.35. The molecule has 4 heterocycles. The molecule has 1 unspecified atom stereocenters. The lowest BCUT2D eigenvalue weighted by atomic mass is 9.93. The fourth-order valence-corrected chi connectivity index (χ4v) is 6.37. The lowest BCUT2D eigenvalue weighted by Crippen LogP contribution is -2.42. The van der Waals surface area contributed by atoms with Crippen molar-refractivity contribution in [3.8, 4) is 22.9 Å². The Morgan fingerprint density at radius 3 is 2.30 bits per heavy atom. The van der Waals surface area contributed by atoms with E-state index >= 15 is 0 Å². The summed E-state index contributed by atoms with van der Waals surface area (Å²) in [4.78, 5) is 44.2. The maximum Gasteiger partial charge on any atom is 0.410 e. The molecule has 0 spiro atoms. The van der Waals surface area contributed by atoms with Gasteiger partial charge in [0.2, 0.25) is 11.8 Å². The van der Waals surface area contributed by atoms with Crippen molar-refractivity contribution in [1.82, 2.24) is 24.8 Å². The Morgan fingerprint density at radius 2 is 1.66 bits per heavy atom. The van der Waals surface area contributed by atoms with Crippen molar-refractivity contribution in [1.29, 1.82) is 0 Å². The smallest absolute Gasteiger partial charge is 0.410 e. The SMILES string of the molecule is COC(=O)CC1CCN(Cc2cc(Oc3cnc(N4CCC(N(C)C(=O)OC(C)(C)C)C4)nc3)nc(-c3cc(Cl)cc(Cl)c3)c2)CC1. The minimum Gasteiger partial charge on any atom is -0.469 e. The lowest BCUT2D eigenvalue weighted by molar-refractivity contribution is -0.142. The second kappa shape index (κ2) is 15.0. The summed E-state index contributed by atoms with van der Waals surface area (Å²) >= 11 is 12.7. The van der Waals surface area contributed by atoms with Gasteiger partial charge in [0.05, 0.1) is 31.2 Å². The number of piperidine rings is 1. The van der Waals surface area contributed by atoms with Crippen LogP contribution in [0.15, 0.2) is 42.7 Å². The number of methoxy groups -OCH3 is 1. The number of rotatable bonds is 9. The molecule has 0 aliphatic carbocycles. The number of ether oxygens (including phenoxy) is 3. The summed E-state index contributed by atoms with van der Waals surface area (Å²) in [5, 5.41) is 1.03. The number of amides is 1. The number of carbonyl (C=O) groups is 2. The molecule has 2 saturated heterocycles. The number of carbonyl (C=O) groups excluding carboxylic acids is 2. The van der Waals surface area contributed by atoms with Gasteiger partial charge in [-0.3, -0.25) is 9.69 Å². The zero-order chi connectivity index (χ0) is 33.7. The number of esters is 1. The van der Waals surface area contributed by atoms with E-state index in [9.17, 15) is 9.59 Å². The summed E-state index contributed by atoms with van der Waals surface area (Å²) in [5.74, 6) is 1.57. The van der Waals surface area contributed by atoms with Crippen molar-refractivity contribution < 1.29 is 23.8 Å². The van der Waals surface area contributed by atoms with E-state index in [1.165, 1.54) is 7.11 Å². The van der Waals surface area contributed by atoms with Crippen LogP contribution in [0.2, 0.25) is 10.0 Å². The molecule has 1 atom stereocenters. The normalized spacial score (nSPS) is 17.4. The highest BCUT2D eigenvalue weighted by atomic mass is 35.5. The maximum atomic E-state index is 12.5. The molecule has 0 bridgehead atoms. The molecule has 1 amide bonds. The Labute approximate surface area is 286 Å². The zero-order valence-electron chi connectivity index (χ0n) is 27.5. The summed E-state index contributed by atoms with van der Waals surface area (Å²) in [6.07, 6.45) is 6.02. The summed E-state index contributed by atoms with van der Waals surface area (Å²) in [7, 11) is 3.20. The van der Waals surface area contributed by atoms with E-state index in [0.29, 0.717) is 65.3 Å². The number of pyridine rings is 1. The van der Waals surface area contributed by atoms with Crippen LogP contribution < -0.4 is 9.64 Å². The number of halogens is 2. The molecule has 11 nitrogen and oxygen atoms in total. The van der Waals surface area contributed by atoms with E-state index in [0.717, 1.165) is 43.5 Å². The minimum atomic E-state index is -0.553. The number of anilines is 1. The number of nitrogens with zero attached hydrogens (tertiary/aromatic N) is 6. The van der Waals surface area contributed by atoms with Gasteiger partial charge in [0.1, 0.15) is 5.60 Å². The van der Waals surface area contributed by atoms with E-state index in [4.69, 9.17) is 42.4 Å². The average Bonchev–Trinajstić information content (AvgIpc) is 3.51. The molecule has 2 fully saturated rings. The van der Waals surface area contributed by atoms with Crippen LogP contribution in [-0.2, 0) is 20.8 Å². The summed E-state index contributed by atoms with van der Waals surface area (Å²) in [6.45, 7) is 9.33. The molecule has 5 rings (SSSR count). The van der Waals surface area contributed by atoms with Crippen LogP contribution in [-0.4, -0.2) is 88.8 Å². The van der Waals surface area contributed by atoms with Crippen molar-refractivity contribution in [2.24, 2.45) is 5.92 Å². The van der Waals surface area contributed by atoms with Gasteiger partial charge in [0, 0.05) is 54.8 Å². The van der Waals surface area contributed by atoms with Gasteiger partial charge in [0.25, 0.3) is 0 Å². The first-order valence-corrected chi connectivity index (χ1v) is 16.6. The van der Waals surface area contributed by atoms with Gasteiger partial charge in [-0.05, 0) is 88.9 Å². The highest BCUT2D eigenvalue weighted by Crippen LogP contribution is 2.31. The number of benzene rings is 1. The monoisotopic (exact) mass is 684 g/mol. The number of likely N-dealkylation sites (N-methyl/N-ethyl adjacent to an activating group) is 1. The molecular formula is C34H42Cl2N6O5. The third-order valence-corrected chi connectivity index (χ3v) is 8.77. The number of hydrogen-bond donors (Lipinski definition) is 0. The largest absolute Gasteiger partial charge is 0.469 e. The molecule has 1 aromatic carbocycles. The molecule has 2 aliphatic rings. The first kappa shape index (κ1) is 34.7. The number of likely N-dealkylation sites (tertiary alicyclic amines) is 1. The van der Waals surface area contributed by atoms with Crippen molar-refractivity contribution in [3.05, 3.63) is 58.3 Å². The Morgan fingerprint density at radius 1 is 0.979 bits per heavy atom. The molecule has 252 valence electrons. The summed E-state index contributed by atoms with van der Waals surface area (Å²) in [5.41, 5.74) is 1.92. The van der Waals surface area contributed by atoms with Gasteiger partial charge in [-0.15, -0.1) is 0 Å². The second-order valence-electron chi connectivity index (χ2n) is 13.2. The Bertz CT molecular complexity index is 1540. The Kier molecular flexibility index (Phi) is 11.1. The quantitative estimate of drug-likeness (QED) is 0.222. The molecule has 0 saturated carbocycles. The van der Waals surface area contributed by atoms with Gasteiger partial charge in [-0.25, -0.2) is 19.7 Å². The van der Waals surface area contributed by atoms with E-state index in [1.54, 1.807) is 30.4 Å². The molecule has 3 aromatic rings. The average molecular weight is 686 g/mol. The molecular weight excluding hydrogens is 643 g/mol. The first-order chi connectivity index (χ1) is 22.3. The van der Waals surface area contributed by atoms with Gasteiger partial charge in [-0.2, -0.15) is 0 Å². The predicted molar refractivity (Wildman–Crippen MR) is 181 cm³/mol. The predicted octanol–water partition coefficient (Wildman–Crippen LogP) is 6.86. The van der Waals surface area contributed by atoms with E-state index in [1.807, 2.05) is 49.9 Å². The maximum absolute atomic E-state index is 12.5. The van der Waals surface area contributed by atoms with Crippen LogP contribution >= 0.6 is 23.2 Å². The van der Waals surface area contributed by atoms with E-state index in [2.05, 4.69) is 14.9 Å². The van der Waals surface area contributed by atoms with Crippen LogP contribution in [0.3, 0.4) is 0 Å². The van der Waals surface area contributed by atoms with Crippen molar-refractivity contribution in [2.75, 3.05) is 45.2 Å².